The number of hydrogen-bond acceptors (Lipinski definition) is 3. The van der Waals surface area contributed by atoms with Gasteiger partial charge < -0.3 is 0 Å². The van der Waals surface area contributed by atoms with Gasteiger partial charge in [0.1, 0.15) is 4.99 Å². The SMILES string of the molecule is CCCc1cc(C(=S)NO)ccn1. The Hall–Kier alpha value is -1.00. The van der Waals surface area contributed by atoms with E-state index < -0.39 is 0 Å². The molecule has 0 saturated carbocycles. The number of hydrogen-bond donors (Lipinski definition) is 2. The Bertz CT molecular complexity index is 301. The molecule has 1 aromatic rings. The van der Waals surface area contributed by atoms with Gasteiger partial charge in [0.25, 0.3) is 0 Å². The smallest absolute Gasteiger partial charge is 0.130 e. The summed E-state index contributed by atoms with van der Waals surface area (Å²) in [5.74, 6) is 0. The van der Waals surface area contributed by atoms with Crippen LogP contribution in [-0.2, 0) is 6.42 Å². The Kier molecular flexibility index (Phi) is 3.79. The zero-order valence-electron chi connectivity index (χ0n) is 7.45. The summed E-state index contributed by atoms with van der Waals surface area (Å²) in [4.78, 5) is 4.51. The first-order valence-electron chi connectivity index (χ1n) is 4.17. The molecular formula is C9H12N2OS. The maximum atomic E-state index is 8.60. The van der Waals surface area contributed by atoms with Crippen molar-refractivity contribution in [1.29, 1.82) is 0 Å². The molecule has 1 heterocycles. The van der Waals surface area contributed by atoms with E-state index in [0.29, 0.717) is 4.99 Å². The first-order chi connectivity index (χ1) is 6.27. The highest BCUT2D eigenvalue weighted by atomic mass is 32.1. The Morgan fingerprint density at radius 2 is 2.46 bits per heavy atom. The molecule has 4 heteroatoms. The minimum absolute atomic E-state index is 0.333. The van der Waals surface area contributed by atoms with Crippen LogP contribution in [0, 0.1) is 0 Å². The van der Waals surface area contributed by atoms with Crippen LogP contribution in [0.25, 0.3) is 0 Å². The van der Waals surface area contributed by atoms with E-state index in [0.717, 1.165) is 24.1 Å². The fourth-order valence-corrected chi connectivity index (χ4v) is 1.20. The normalized spacial score (nSPS) is 9.69. The van der Waals surface area contributed by atoms with Crippen LogP contribution in [0.4, 0.5) is 0 Å². The molecular weight excluding hydrogens is 184 g/mol. The van der Waals surface area contributed by atoms with Crippen LogP contribution < -0.4 is 5.48 Å². The zero-order chi connectivity index (χ0) is 9.68. The fraction of sp³-hybridized carbons (Fsp3) is 0.333. The van der Waals surface area contributed by atoms with Crippen molar-refractivity contribution in [3.05, 3.63) is 29.6 Å². The molecule has 70 valence electrons. The molecule has 0 radical (unpaired) electrons. The lowest BCUT2D eigenvalue weighted by Crippen LogP contribution is -2.17. The van der Waals surface area contributed by atoms with E-state index in [-0.39, 0.29) is 0 Å². The average molecular weight is 196 g/mol. The molecule has 0 amide bonds. The molecule has 2 N–H and O–H groups in total. The third kappa shape index (κ3) is 2.75. The maximum absolute atomic E-state index is 8.60. The van der Waals surface area contributed by atoms with Crippen LogP contribution in [-0.4, -0.2) is 15.2 Å². The number of hydroxylamine groups is 1. The van der Waals surface area contributed by atoms with Crippen LogP contribution in [0.1, 0.15) is 24.6 Å². The van der Waals surface area contributed by atoms with Gasteiger partial charge in [0, 0.05) is 17.5 Å². The van der Waals surface area contributed by atoms with Crippen molar-refractivity contribution < 1.29 is 5.21 Å². The van der Waals surface area contributed by atoms with E-state index in [4.69, 9.17) is 17.4 Å². The average Bonchev–Trinajstić information content (AvgIpc) is 2.18. The van der Waals surface area contributed by atoms with Gasteiger partial charge in [0.05, 0.1) is 0 Å². The molecule has 0 aromatic carbocycles. The number of nitrogens with one attached hydrogen (secondary N) is 1. The van der Waals surface area contributed by atoms with Gasteiger partial charge in [-0.1, -0.05) is 25.6 Å². The number of thiocarbonyl (C=S) groups is 1. The van der Waals surface area contributed by atoms with Gasteiger partial charge in [0.15, 0.2) is 0 Å². The third-order valence-corrected chi connectivity index (χ3v) is 2.01. The number of pyridine rings is 1. The van der Waals surface area contributed by atoms with Crippen molar-refractivity contribution in [3.63, 3.8) is 0 Å². The highest BCUT2D eigenvalue weighted by molar-refractivity contribution is 7.80. The molecule has 1 aromatic heterocycles. The van der Waals surface area contributed by atoms with Gasteiger partial charge >= 0.3 is 0 Å². The lowest BCUT2D eigenvalue weighted by atomic mass is 10.2. The van der Waals surface area contributed by atoms with E-state index >= 15 is 0 Å². The molecule has 0 saturated heterocycles. The van der Waals surface area contributed by atoms with Crippen molar-refractivity contribution in [2.45, 2.75) is 19.8 Å². The van der Waals surface area contributed by atoms with E-state index in [9.17, 15) is 0 Å². The molecule has 0 atom stereocenters. The predicted molar refractivity (Wildman–Crippen MR) is 54.9 cm³/mol. The topological polar surface area (TPSA) is 45.1 Å². The van der Waals surface area contributed by atoms with Crippen LogP contribution >= 0.6 is 12.2 Å². The second-order valence-electron chi connectivity index (χ2n) is 2.73. The van der Waals surface area contributed by atoms with Crippen molar-refractivity contribution in [3.8, 4) is 0 Å². The van der Waals surface area contributed by atoms with Gasteiger partial charge in [-0.05, 0) is 18.6 Å². The van der Waals surface area contributed by atoms with Crippen LogP contribution in [0.2, 0.25) is 0 Å². The lowest BCUT2D eigenvalue weighted by Gasteiger charge is -2.03. The molecule has 0 bridgehead atoms. The Morgan fingerprint density at radius 1 is 1.69 bits per heavy atom. The standard InChI is InChI=1S/C9H12N2OS/c1-2-3-8-6-7(4-5-10-8)9(13)11-12/h4-6,12H,2-3H2,1H3,(H,11,13). The maximum Gasteiger partial charge on any atom is 0.130 e. The summed E-state index contributed by atoms with van der Waals surface area (Å²) in [5.41, 5.74) is 3.75. The summed E-state index contributed by atoms with van der Waals surface area (Å²) in [6.45, 7) is 2.09. The summed E-state index contributed by atoms with van der Waals surface area (Å²) >= 11 is 4.88. The minimum Gasteiger partial charge on any atom is -0.290 e. The molecule has 0 aliphatic heterocycles. The highest BCUT2D eigenvalue weighted by Crippen LogP contribution is 2.04. The summed E-state index contributed by atoms with van der Waals surface area (Å²) in [7, 11) is 0. The summed E-state index contributed by atoms with van der Waals surface area (Å²) < 4.78 is 0. The summed E-state index contributed by atoms with van der Waals surface area (Å²) in [5, 5.41) is 8.60. The number of aromatic nitrogens is 1. The summed E-state index contributed by atoms with van der Waals surface area (Å²) in [6.07, 6.45) is 3.68. The van der Waals surface area contributed by atoms with Crippen LogP contribution in [0.15, 0.2) is 18.3 Å². The van der Waals surface area contributed by atoms with Crippen LogP contribution in [0.5, 0.6) is 0 Å². The van der Waals surface area contributed by atoms with Crippen LogP contribution in [0.3, 0.4) is 0 Å². The Morgan fingerprint density at radius 3 is 3.08 bits per heavy atom. The van der Waals surface area contributed by atoms with E-state index in [1.165, 1.54) is 0 Å². The molecule has 3 nitrogen and oxygen atoms in total. The van der Waals surface area contributed by atoms with Gasteiger partial charge in [0.2, 0.25) is 0 Å². The predicted octanol–water partition coefficient (Wildman–Crippen LogP) is 1.69. The molecule has 0 unspecified atom stereocenters. The largest absolute Gasteiger partial charge is 0.290 e. The molecule has 0 aliphatic carbocycles. The Balaban J connectivity index is 2.85. The second kappa shape index (κ2) is 4.89. The second-order valence-corrected chi connectivity index (χ2v) is 3.14. The highest BCUT2D eigenvalue weighted by Gasteiger charge is 2.00. The van der Waals surface area contributed by atoms with E-state index in [2.05, 4.69) is 11.9 Å². The van der Waals surface area contributed by atoms with Crippen molar-refractivity contribution in [1.82, 2.24) is 10.5 Å². The van der Waals surface area contributed by atoms with Gasteiger partial charge in [-0.25, -0.2) is 0 Å². The summed E-state index contributed by atoms with van der Waals surface area (Å²) in [6, 6.07) is 3.65. The molecule has 1 rings (SSSR count). The van der Waals surface area contributed by atoms with Crippen molar-refractivity contribution in [2.24, 2.45) is 0 Å². The van der Waals surface area contributed by atoms with Gasteiger partial charge in [-0.2, -0.15) is 0 Å². The van der Waals surface area contributed by atoms with E-state index in [1.807, 2.05) is 11.5 Å². The quantitative estimate of drug-likeness (QED) is 0.570. The number of nitrogens with zero attached hydrogens (tertiary/aromatic N) is 1. The number of aryl methyl sites for hydroxylation is 1. The van der Waals surface area contributed by atoms with Gasteiger partial charge in [-0.15, -0.1) is 0 Å². The fourth-order valence-electron chi connectivity index (χ4n) is 1.08. The monoisotopic (exact) mass is 196 g/mol. The van der Waals surface area contributed by atoms with Gasteiger partial charge in [-0.3, -0.25) is 15.7 Å². The third-order valence-electron chi connectivity index (χ3n) is 1.69. The Labute approximate surface area is 82.8 Å². The molecule has 0 fully saturated rings. The van der Waals surface area contributed by atoms with E-state index in [1.54, 1.807) is 12.3 Å². The van der Waals surface area contributed by atoms with Crippen molar-refractivity contribution >= 4 is 17.2 Å². The minimum atomic E-state index is 0.333. The van der Waals surface area contributed by atoms with Crippen molar-refractivity contribution in [2.75, 3.05) is 0 Å². The molecule has 0 spiro atoms. The number of rotatable bonds is 3. The first-order valence-corrected chi connectivity index (χ1v) is 4.58. The molecule has 13 heavy (non-hydrogen) atoms. The lowest BCUT2D eigenvalue weighted by molar-refractivity contribution is 0.238. The zero-order valence-corrected chi connectivity index (χ0v) is 8.27. The molecule has 0 aliphatic rings. The first kappa shape index (κ1) is 10.1.